The zero-order chi connectivity index (χ0) is 17.5. The summed E-state index contributed by atoms with van der Waals surface area (Å²) in [5.41, 5.74) is 1.61. The molecule has 3 unspecified atom stereocenters. The van der Waals surface area contributed by atoms with E-state index in [-0.39, 0.29) is 21.4 Å². The summed E-state index contributed by atoms with van der Waals surface area (Å²) < 4.78 is 6.29. The van der Waals surface area contributed by atoms with Gasteiger partial charge in [-0.25, -0.2) is 0 Å². The molecule has 0 radical (unpaired) electrons. The quantitative estimate of drug-likeness (QED) is 0.253. The smallest absolute Gasteiger partial charge is 0.320 e. The van der Waals surface area contributed by atoms with Crippen molar-refractivity contribution in [3.63, 3.8) is 0 Å². The number of phenols is 2. The normalized spacial score (nSPS) is 25.5. The Kier molecular flexibility index (Phi) is 4.96. The zero-order valence-corrected chi connectivity index (χ0v) is 17.2. The van der Waals surface area contributed by atoms with Crippen LogP contribution in [0.4, 0.5) is 0 Å². The number of allylic oxidation sites excluding steroid dienone is 3. The van der Waals surface area contributed by atoms with Gasteiger partial charge in [-0.1, -0.05) is 75.6 Å². The largest absolute Gasteiger partial charge is 0.504 e. The fraction of sp³-hybridized carbons (Fsp3) is 0.278. The van der Waals surface area contributed by atoms with Crippen molar-refractivity contribution in [2.75, 3.05) is 4.43 Å². The lowest BCUT2D eigenvalue weighted by atomic mass is 9.67. The summed E-state index contributed by atoms with van der Waals surface area (Å²) in [7, 11) is 0. The first-order chi connectivity index (χ1) is 11.4. The maximum Gasteiger partial charge on any atom is 0.320 e. The molecule has 6 heteroatoms. The van der Waals surface area contributed by atoms with Gasteiger partial charge >= 0.3 is 5.97 Å². The molecule has 126 valence electrons. The van der Waals surface area contributed by atoms with Gasteiger partial charge in [-0.15, -0.1) is 0 Å². The van der Waals surface area contributed by atoms with E-state index in [0.717, 1.165) is 5.57 Å². The number of hydrogen-bond donors (Lipinski definition) is 2. The van der Waals surface area contributed by atoms with E-state index in [4.69, 9.17) is 4.74 Å². The summed E-state index contributed by atoms with van der Waals surface area (Å²) in [6, 6.07) is 3.14. The van der Waals surface area contributed by atoms with Crippen molar-refractivity contribution in [2.24, 2.45) is 5.41 Å². The molecule has 24 heavy (non-hydrogen) atoms. The van der Waals surface area contributed by atoms with Gasteiger partial charge in [0.1, 0.15) is 10.0 Å². The summed E-state index contributed by atoms with van der Waals surface area (Å²) in [5, 5.41) is 20.1. The average molecular weight is 550 g/mol. The third-order valence-electron chi connectivity index (χ3n) is 4.43. The molecule has 2 aliphatic carbocycles. The van der Waals surface area contributed by atoms with Crippen molar-refractivity contribution in [3.8, 4) is 11.5 Å². The van der Waals surface area contributed by atoms with Gasteiger partial charge in [-0.05, 0) is 24.6 Å². The number of rotatable bonds is 3. The summed E-state index contributed by atoms with van der Waals surface area (Å²) in [6.07, 6.45) is 9.07. The zero-order valence-electron chi connectivity index (χ0n) is 12.9. The summed E-state index contributed by atoms with van der Waals surface area (Å²) in [5.74, 6) is -0.654. The number of aromatic hydroxyl groups is 2. The molecule has 0 aromatic heterocycles. The Morgan fingerprint density at radius 3 is 2.83 bits per heavy atom. The van der Waals surface area contributed by atoms with E-state index in [1.807, 2.05) is 37.3 Å². The predicted octanol–water partition coefficient (Wildman–Crippen LogP) is 4.45. The van der Waals surface area contributed by atoms with Gasteiger partial charge in [-0.3, -0.25) is 4.79 Å². The molecule has 4 nitrogen and oxygen atoms in total. The topological polar surface area (TPSA) is 66.8 Å². The number of hydrogen-bond acceptors (Lipinski definition) is 4. The highest BCUT2D eigenvalue weighted by Gasteiger charge is 2.44. The predicted molar refractivity (Wildman–Crippen MR) is 110 cm³/mol. The van der Waals surface area contributed by atoms with Crippen molar-refractivity contribution in [3.05, 3.63) is 53.1 Å². The summed E-state index contributed by atoms with van der Waals surface area (Å²) in [6.45, 7) is 2.01. The Hall–Kier alpha value is -1.03. The third kappa shape index (κ3) is 2.87. The SMILES string of the molecule is CC12C=CC=CC1=Cc1c(ccc(O)c1O)C2OC(=O)C(I)CI. The summed E-state index contributed by atoms with van der Waals surface area (Å²) in [4.78, 5) is 12.4. The number of carbonyl (C=O) groups excluding carboxylic acids is 1. The standard InChI is InChI=1S/C18H16I2O4/c1-18-7-3-2-4-10(18)8-12-11(5-6-14(21)15(12)22)16(18)24-17(23)13(20)9-19/h2-8,13,16,21-22H,9H2,1H3. The molecule has 0 saturated heterocycles. The van der Waals surface area contributed by atoms with Crippen LogP contribution < -0.4 is 0 Å². The first-order valence-corrected chi connectivity index (χ1v) is 10.2. The van der Waals surface area contributed by atoms with E-state index in [1.54, 1.807) is 6.07 Å². The molecule has 2 N–H and O–H groups in total. The maximum absolute atomic E-state index is 12.4. The number of phenolic OH excluding ortho intramolecular Hbond substituents is 2. The van der Waals surface area contributed by atoms with Gasteiger partial charge in [0.15, 0.2) is 11.5 Å². The van der Waals surface area contributed by atoms with Crippen LogP contribution in [0, 0.1) is 5.41 Å². The first-order valence-electron chi connectivity index (χ1n) is 7.42. The van der Waals surface area contributed by atoms with Crippen LogP contribution in [0.5, 0.6) is 11.5 Å². The van der Waals surface area contributed by atoms with Crippen LogP contribution in [0.3, 0.4) is 0 Å². The highest BCUT2D eigenvalue weighted by atomic mass is 127. The number of carbonyl (C=O) groups is 1. The number of alkyl halides is 2. The van der Waals surface area contributed by atoms with E-state index < -0.39 is 11.5 Å². The lowest BCUT2D eigenvalue weighted by Crippen LogP contribution is -2.35. The van der Waals surface area contributed by atoms with Crippen molar-refractivity contribution < 1.29 is 19.7 Å². The molecule has 0 aliphatic heterocycles. The number of halogens is 2. The maximum atomic E-state index is 12.4. The third-order valence-corrected chi connectivity index (χ3v) is 7.95. The van der Waals surface area contributed by atoms with Gasteiger partial charge in [0.25, 0.3) is 0 Å². The Morgan fingerprint density at radius 2 is 2.12 bits per heavy atom. The molecule has 3 rings (SSSR count). The molecule has 1 aromatic carbocycles. The molecule has 3 atom stereocenters. The van der Waals surface area contributed by atoms with Crippen LogP contribution in [-0.4, -0.2) is 24.5 Å². The second kappa shape index (κ2) is 6.70. The number of esters is 1. The molecule has 2 aliphatic rings. The monoisotopic (exact) mass is 550 g/mol. The van der Waals surface area contributed by atoms with E-state index in [0.29, 0.717) is 15.6 Å². The minimum Gasteiger partial charge on any atom is -0.504 e. The molecule has 1 aromatic rings. The number of benzene rings is 1. The van der Waals surface area contributed by atoms with E-state index in [2.05, 4.69) is 45.2 Å². The molecule has 0 fully saturated rings. The van der Waals surface area contributed by atoms with Gasteiger partial charge in [0.05, 0.1) is 5.41 Å². The first kappa shape index (κ1) is 17.8. The van der Waals surface area contributed by atoms with E-state index in [9.17, 15) is 15.0 Å². The molecule has 0 bridgehead atoms. The van der Waals surface area contributed by atoms with Crippen molar-refractivity contribution in [1.29, 1.82) is 0 Å². The molecule has 0 heterocycles. The van der Waals surface area contributed by atoms with Crippen LogP contribution in [-0.2, 0) is 9.53 Å². The fourth-order valence-electron chi connectivity index (χ4n) is 3.04. The highest BCUT2D eigenvalue weighted by Crippen LogP contribution is 2.53. The van der Waals surface area contributed by atoms with Crippen LogP contribution in [0.15, 0.2) is 42.0 Å². The van der Waals surface area contributed by atoms with Crippen LogP contribution in [0.2, 0.25) is 0 Å². The Balaban J connectivity index is 2.14. The van der Waals surface area contributed by atoms with Crippen LogP contribution in [0.1, 0.15) is 24.2 Å². The van der Waals surface area contributed by atoms with E-state index >= 15 is 0 Å². The van der Waals surface area contributed by atoms with Crippen LogP contribution in [0.25, 0.3) is 6.08 Å². The Morgan fingerprint density at radius 1 is 1.38 bits per heavy atom. The molecule has 0 amide bonds. The van der Waals surface area contributed by atoms with Gasteiger partial charge in [0.2, 0.25) is 0 Å². The number of fused-ring (bicyclic) bond motifs is 2. The van der Waals surface area contributed by atoms with Gasteiger partial charge < -0.3 is 14.9 Å². The van der Waals surface area contributed by atoms with Gasteiger partial charge in [-0.2, -0.15) is 0 Å². The Bertz CT molecular complexity index is 781. The lowest BCUT2D eigenvalue weighted by Gasteiger charge is -2.41. The lowest BCUT2D eigenvalue weighted by molar-refractivity contribution is -0.152. The van der Waals surface area contributed by atoms with Crippen molar-refractivity contribution >= 4 is 57.2 Å². The van der Waals surface area contributed by atoms with Crippen molar-refractivity contribution in [1.82, 2.24) is 0 Å². The van der Waals surface area contributed by atoms with Crippen molar-refractivity contribution in [2.45, 2.75) is 17.0 Å². The molecule has 0 saturated carbocycles. The second-order valence-electron chi connectivity index (χ2n) is 5.98. The summed E-state index contributed by atoms with van der Waals surface area (Å²) >= 11 is 4.23. The molecular weight excluding hydrogens is 534 g/mol. The molecule has 0 spiro atoms. The van der Waals surface area contributed by atoms with Crippen LogP contribution >= 0.6 is 45.2 Å². The second-order valence-corrected chi connectivity index (χ2v) is 8.36. The van der Waals surface area contributed by atoms with E-state index in [1.165, 1.54) is 6.07 Å². The molecular formula is C18H16I2O4. The van der Waals surface area contributed by atoms with Gasteiger partial charge in [0, 0.05) is 15.6 Å². The average Bonchev–Trinajstić information content (AvgIpc) is 2.58. The fourth-order valence-corrected chi connectivity index (χ4v) is 3.55. The minimum atomic E-state index is -0.562. The highest BCUT2D eigenvalue weighted by molar-refractivity contribution is 14.1. The number of ether oxygens (including phenoxy) is 1. The minimum absolute atomic E-state index is 0.186. The Labute approximate surface area is 167 Å².